The van der Waals surface area contributed by atoms with Gasteiger partial charge in [0.05, 0.1) is 0 Å². The van der Waals surface area contributed by atoms with Crippen molar-refractivity contribution in [1.29, 1.82) is 0 Å². The average molecular weight is 369 g/mol. The smallest absolute Gasteiger partial charge is 0.231 e. The van der Waals surface area contributed by atoms with Gasteiger partial charge in [-0.3, -0.25) is 4.90 Å². The van der Waals surface area contributed by atoms with Crippen LogP contribution in [-0.2, 0) is 13.1 Å². The largest absolute Gasteiger partial charge is 0.454 e. The van der Waals surface area contributed by atoms with Crippen molar-refractivity contribution in [1.82, 2.24) is 4.90 Å². The molecule has 4 nitrogen and oxygen atoms in total. The lowest BCUT2D eigenvalue weighted by molar-refractivity contribution is 0.167. The van der Waals surface area contributed by atoms with Crippen LogP contribution in [0.25, 0.3) is 0 Å². The summed E-state index contributed by atoms with van der Waals surface area (Å²) in [6, 6.07) is 10.8. The van der Waals surface area contributed by atoms with Crippen LogP contribution in [0.2, 0.25) is 0 Å². The quantitative estimate of drug-likeness (QED) is 0.790. The molecule has 0 saturated heterocycles. The Bertz CT molecular complexity index is 791. The molecule has 2 aromatic carbocycles. The second kappa shape index (κ2) is 7.91. The van der Waals surface area contributed by atoms with Gasteiger partial charge in [0.15, 0.2) is 11.5 Å². The monoisotopic (exact) mass is 368 g/mol. The van der Waals surface area contributed by atoms with E-state index in [4.69, 9.17) is 15.2 Å². The maximum Gasteiger partial charge on any atom is 0.231 e. The molecule has 1 heterocycles. The fourth-order valence-electron chi connectivity index (χ4n) is 3.82. The Morgan fingerprint density at radius 2 is 1.63 bits per heavy atom. The molecule has 0 amide bonds. The maximum atomic E-state index is 6.03. The molecule has 3 rings (SSSR count). The molecule has 0 radical (unpaired) electrons. The molecule has 0 aliphatic carbocycles. The number of nitrogens with zero attached hydrogens (tertiary/aromatic N) is 1. The molecule has 2 aromatic rings. The number of ether oxygens (including phenoxy) is 2. The lowest BCUT2D eigenvalue weighted by atomic mass is 9.92. The number of benzene rings is 2. The van der Waals surface area contributed by atoms with Gasteiger partial charge in [-0.25, -0.2) is 0 Å². The molecule has 146 valence electrons. The average Bonchev–Trinajstić information content (AvgIpc) is 3.05. The summed E-state index contributed by atoms with van der Waals surface area (Å²) < 4.78 is 11.0. The molecule has 0 spiro atoms. The van der Waals surface area contributed by atoms with Crippen molar-refractivity contribution in [2.45, 2.75) is 47.7 Å². The van der Waals surface area contributed by atoms with Crippen LogP contribution in [0.5, 0.6) is 11.5 Å². The third-order valence-corrected chi connectivity index (χ3v) is 5.27. The number of rotatable bonds is 7. The highest BCUT2D eigenvalue weighted by Crippen LogP contribution is 2.33. The summed E-state index contributed by atoms with van der Waals surface area (Å²) >= 11 is 0. The number of fused-ring (bicyclic) bond motifs is 1. The van der Waals surface area contributed by atoms with Crippen molar-refractivity contribution in [2.75, 3.05) is 19.9 Å². The van der Waals surface area contributed by atoms with Gasteiger partial charge in [-0.05, 0) is 67.1 Å². The SMILES string of the molecule is Cc1cc(C)c(CN(Cc2ccc3c(c2)OCO3)CC(C)(C)CN)c(C)c1. The van der Waals surface area contributed by atoms with E-state index in [-0.39, 0.29) is 5.41 Å². The first-order valence-corrected chi connectivity index (χ1v) is 9.65. The standard InChI is InChI=1S/C23H32N2O2/c1-16-8-17(2)20(18(3)9-16)12-25(14-23(4,5)13-24)11-19-6-7-21-22(10-19)27-15-26-21/h6-10H,11-15,24H2,1-5H3. The number of nitrogens with two attached hydrogens (primary N) is 1. The highest BCUT2D eigenvalue weighted by molar-refractivity contribution is 5.44. The van der Waals surface area contributed by atoms with E-state index in [0.717, 1.165) is 31.1 Å². The third kappa shape index (κ3) is 4.82. The molecule has 2 N–H and O–H groups in total. The molecule has 0 bridgehead atoms. The van der Waals surface area contributed by atoms with E-state index < -0.39 is 0 Å². The van der Waals surface area contributed by atoms with E-state index in [1.54, 1.807) is 0 Å². The first-order chi connectivity index (χ1) is 12.8. The van der Waals surface area contributed by atoms with Crippen LogP contribution in [-0.4, -0.2) is 24.8 Å². The molecule has 0 saturated carbocycles. The Balaban J connectivity index is 1.85. The van der Waals surface area contributed by atoms with Gasteiger partial charge in [-0.1, -0.05) is 37.6 Å². The second-order valence-corrected chi connectivity index (χ2v) is 8.58. The summed E-state index contributed by atoms with van der Waals surface area (Å²) in [7, 11) is 0. The Hall–Kier alpha value is -2.04. The summed E-state index contributed by atoms with van der Waals surface area (Å²) in [4.78, 5) is 2.50. The van der Waals surface area contributed by atoms with E-state index in [2.05, 4.69) is 63.8 Å². The van der Waals surface area contributed by atoms with Crippen LogP contribution in [0.3, 0.4) is 0 Å². The molecule has 0 unspecified atom stereocenters. The molecule has 4 heteroatoms. The molecule has 0 atom stereocenters. The lowest BCUT2D eigenvalue weighted by Gasteiger charge is -2.33. The zero-order valence-corrected chi connectivity index (χ0v) is 17.3. The van der Waals surface area contributed by atoms with Crippen molar-refractivity contribution < 1.29 is 9.47 Å². The number of hydrogen-bond acceptors (Lipinski definition) is 4. The van der Waals surface area contributed by atoms with Crippen LogP contribution in [0.4, 0.5) is 0 Å². The molecule has 1 aliphatic heterocycles. The van der Waals surface area contributed by atoms with Crippen molar-refractivity contribution in [3.63, 3.8) is 0 Å². The normalized spacial score (nSPS) is 13.4. The van der Waals surface area contributed by atoms with E-state index >= 15 is 0 Å². The summed E-state index contributed by atoms with van der Waals surface area (Å²) in [5.74, 6) is 1.67. The molecule has 0 aromatic heterocycles. The van der Waals surface area contributed by atoms with Gasteiger partial charge in [0, 0.05) is 19.6 Å². The second-order valence-electron chi connectivity index (χ2n) is 8.58. The predicted molar refractivity (Wildman–Crippen MR) is 110 cm³/mol. The van der Waals surface area contributed by atoms with Crippen LogP contribution < -0.4 is 15.2 Å². The molecule has 1 aliphatic rings. The van der Waals surface area contributed by atoms with Crippen LogP contribution in [0.15, 0.2) is 30.3 Å². The maximum absolute atomic E-state index is 6.03. The fourth-order valence-corrected chi connectivity index (χ4v) is 3.82. The minimum Gasteiger partial charge on any atom is -0.454 e. The van der Waals surface area contributed by atoms with Gasteiger partial charge in [0.25, 0.3) is 0 Å². The Morgan fingerprint density at radius 3 is 2.30 bits per heavy atom. The summed E-state index contributed by atoms with van der Waals surface area (Å²) in [5, 5.41) is 0. The zero-order chi connectivity index (χ0) is 19.6. The van der Waals surface area contributed by atoms with E-state index in [9.17, 15) is 0 Å². The van der Waals surface area contributed by atoms with Crippen molar-refractivity contribution in [3.05, 3.63) is 58.1 Å². The van der Waals surface area contributed by atoms with Gasteiger partial charge in [-0.15, -0.1) is 0 Å². The first kappa shape index (κ1) is 19.7. The van der Waals surface area contributed by atoms with Gasteiger partial charge in [-0.2, -0.15) is 0 Å². The first-order valence-electron chi connectivity index (χ1n) is 9.65. The van der Waals surface area contributed by atoms with Crippen molar-refractivity contribution in [3.8, 4) is 11.5 Å². The van der Waals surface area contributed by atoms with E-state index in [1.165, 1.54) is 27.8 Å². The van der Waals surface area contributed by atoms with Crippen molar-refractivity contribution >= 4 is 0 Å². The number of hydrogen-bond donors (Lipinski definition) is 1. The van der Waals surface area contributed by atoms with Crippen LogP contribution in [0.1, 0.15) is 41.7 Å². The van der Waals surface area contributed by atoms with Gasteiger partial charge >= 0.3 is 0 Å². The predicted octanol–water partition coefficient (Wildman–Crippen LogP) is 4.33. The summed E-state index contributed by atoms with van der Waals surface area (Å²) in [6.07, 6.45) is 0. The topological polar surface area (TPSA) is 47.7 Å². The molecule has 0 fully saturated rings. The third-order valence-electron chi connectivity index (χ3n) is 5.27. The molecule has 27 heavy (non-hydrogen) atoms. The lowest BCUT2D eigenvalue weighted by Crippen LogP contribution is -2.38. The van der Waals surface area contributed by atoms with Crippen LogP contribution in [0, 0.1) is 26.2 Å². The highest BCUT2D eigenvalue weighted by Gasteiger charge is 2.22. The Morgan fingerprint density at radius 1 is 0.963 bits per heavy atom. The van der Waals surface area contributed by atoms with E-state index in [1.807, 2.05) is 6.07 Å². The highest BCUT2D eigenvalue weighted by atomic mass is 16.7. The van der Waals surface area contributed by atoms with Crippen LogP contribution >= 0.6 is 0 Å². The van der Waals surface area contributed by atoms with Gasteiger partial charge in [0.1, 0.15) is 0 Å². The Kier molecular flexibility index (Phi) is 5.78. The fraction of sp³-hybridized carbons (Fsp3) is 0.478. The van der Waals surface area contributed by atoms with Gasteiger partial charge in [0.2, 0.25) is 6.79 Å². The van der Waals surface area contributed by atoms with E-state index in [0.29, 0.717) is 13.3 Å². The summed E-state index contributed by atoms with van der Waals surface area (Å²) in [5.41, 5.74) is 12.8. The Labute approximate surface area is 163 Å². The number of aryl methyl sites for hydroxylation is 3. The molecular formula is C23H32N2O2. The molecular weight excluding hydrogens is 336 g/mol. The van der Waals surface area contributed by atoms with Gasteiger partial charge < -0.3 is 15.2 Å². The summed E-state index contributed by atoms with van der Waals surface area (Å²) in [6.45, 7) is 14.7. The zero-order valence-electron chi connectivity index (χ0n) is 17.3. The minimum absolute atomic E-state index is 0.0584. The van der Waals surface area contributed by atoms with Crippen molar-refractivity contribution in [2.24, 2.45) is 11.1 Å². The minimum atomic E-state index is 0.0584.